The predicted octanol–water partition coefficient (Wildman–Crippen LogP) is 1.89. The second-order valence-electron chi connectivity index (χ2n) is 6.03. The van der Waals surface area contributed by atoms with Gasteiger partial charge in [-0.05, 0) is 37.7 Å². The molecule has 0 unspecified atom stereocenters. The molecule has 2 fully saturated rings. The third kappa shape index (κ3) is 3.26. The molecule has 2 aliphatic rings. The first-order valence-electron chi connectivity index (χ1n) is 7.88. The summed E-state index contributed by atoms with van der Waals surface area (Å²) >= 11 is 0. The van der Waals surface area contributed by atoms with Gasteiger partial charge >= 0.3 is 0 Å². The minimum Gasteiger partial charge on any atom is -0.344 e. The number of nitrogens with zero attached hydrogens (tertiary/aromatic N) is 1. The number of hydrogen-bond acceptors (Lipinski definition) is 2. The van der Waals surface area contributed by atoms with Crippen LogP contribution >= 0.6 is 0 Å². The maximum atomic E-state index is 12.7. The number of benzene rings is 1. The van der Waals surface area contributed by atoms with Crippen LogP contribution in [-0.2, 0) is 16.0 Å². The van der Waals surface area contributed by atoms with E-state index in [-0.39, 0.29) is 23.9 Å². The highest BCUT2D eigenvalue weighted by Crippen LogP contribution is 2.23. The monoisotopic (exact) mass is 286 g/mol. The molecule has 1 aromatic rings. The van der Waals surface area contributed by atoms with E-state index in [0.29, 0.717) is 12.8 Å². The Kier molecular flexibility index (Phi) is 4.23. The van der Waals surface area contributed by atoms with E-state index in [0.717, 1.165) is 25.8 Å². The van der Waals surface area contributed by atoms with Crippen LogP contribution in [0.5, 0.6) is 0 Å². The van der Waals surface area contributed by atoms with Crippen molar-refractivity contribution < 1.29 is 9.59 Å². The molecule has 1 N–H and O–H groups in total. The van der Waals surface area contributed by atoms with Crippen molar-refractivity contribution in [3.8, 4) is 0 Å². The molecule has 2 aliphatic heterocycles. The summed E-state index contributed by atoms with van der Waals surface area (Å²) in [5, 5.41) is 2.81. The number of carbonyl (C=O) groups excluding carboxylic acids is 2. The summed E-state index contributed by atoms with van der Waals surface area (Å²) in [7, 11) is 0. The zero-order valence-electron chi connectivity index (χ0n) is 12.3. The van der Waals surface area contributed by atoms with Crippen molar-refractivity contribution in [2.45, 2.75) is 50.6 Å². The largest absolute Gasteiger partial charge is 0.344 e. The normalized spacial score (nSPS) is 25.7. The highest BCUT2D eigenvalue weighted by atomic mass is 16.2. The maximum Gasteiger partial charge on any atom is 0.245 e. The molecule has 0 aliphatic carbocycles. The number of carbonyl (C=O) groups is 2. The number of piperidine rings is 1. The molecule has 0 radical (unpaired) electrons. The summed E-state index contributed by atoms with van der Waals surface area (Å²) < 4.78 is 0. The van der Waals surface area contributed by atoms with Crippen LogP contribution in [0.2, 0.25) is 0 Å². The molecule has 4 heteroatoms. The van der Waals surface area contributed by atoms with Crippen molar-refractivity contribution in [3.05, 3.63) is 35.9 Å². The van der Waals surface area contributed by atoms with Crippen LogP contribution in [0.3, 0.4) is 0 Å². The number of rotatable bonds is 3. The maximum absolute atomic E-state index is 12.7. The van der Waals surface area contributed by atoms with Gasteiger partial charge in [-0.2, -0.15) is 0 Å². The SMILES string of the molecule is O=C1CC[C@H](C(=O)N2CCCC[C@@H]2Cc2ccccc2)N1. The Labute approximate surface area is 125 Å². The van der Waals surface area contributed by atoms with Crippen molar-refractivity contribution in [1.82, 2.24) is 10.2 Å². The number of likely N-dealkylation sites (tertiary alicyclic amines) is 1. The van der Waals surface area contributed by atoms with E-state index in [1.165, 1.54) is 12.0 Å². The van der Waals surface area contributed by atoms with Gasteiger partial charge in [0.15, 0.2) is 0 Å². The van der Waals surface area contributed by atoms with E-state index < -0.39 is 0 Å². The molecule has 2 amide bonds. The van der Waals surface area contributed by atoms with E-state index in [2.05, 4.69) is 17.4 Å². The summed E-state index contributed by atoms with van der Waals surface area (Å²) in [5.41, 5.74) is 1.28. The molecule has 0 saturated carbocycles. The number of hydrogen-bond donors (Lipinski definition) is 1. The zero-order chi connectivity index (χ0) is 14.7. The van der Waals surface area contributed by atoms with E-state index in [4.69, 9.17) is 0 Å². The lowest BCUT2D eigenvalue weighted by molar-refractivity contribution is -0.137. The summed E-state index contributed by atoms with van der Waals surface area (Å²) in [6.45, 7) is 0.822. The highest BCUT2D eigenvalue weighted by Gasteiger charge is 2.34. The van der Waals surface area contributed by atoms with Crippen LogP contribution in [0.4, 0.5) is 0 Å². The van der Waals surface area contributed by atoms with Gasteiger partial charge in [-0.15, -0.1) is 0 Å². The van der Waals surface area contributed by atoms with E-state index >= 15 is 0 Å². The molecule has 3 rings (SSSR count). The third-order valence-electron chi connectivity index (χ3n) is 4.52. The van der Waals surface area contributed by atoms with Crippen LogP contribution < -0.4 is 5.32 Å². The molecular formula is C17H22N2O2. The second kappa shape index (κ2) is 6.29. The van der Waals surface area contributed by atoms with Gasteiger partial charge in [-0.25, -0.2) is 0 Å². The van der Waals surface area contributed by atoms with Crippen LogP contribution in [-0.4, -0.2) is 35.3 Å². The first-order chi connectivity index (χ1) is 10.2. The molecule has 2 heterocycles. The topological polar surface area (TPSA) is 49.4 Å². The van der Waals surface area contributed by atoms with Gasteiger partial charge in [0.1, 0.15) is 6.04 Å². The lowest BCUT2D eigenvalue weighted by Gasteiger charge is -2.37. The average Bonchev–Trinajstić information content (AvgIpc) is 2.95. The van der Waals surface area contributed by atoms with Crippen molar-refractivity contribution in [2.75, 3.05) is 6.54 Å². The van der Waals surface area contributed by atoms with Crippen LogP contribution in [0.1, 0.15) is 37.7 Å². The summed E-state index contributed by atoms with van der Waals surface area (Å²) in [5.74, 6) is 0.117. The first-order valence-corrected chi connectivity index (χ1v) is 7.88. The molecule has 21 heavy (non-hydrogen) atoms. The minimum atomic E-state index is -0.297. The van der Waals surface area contributed by atoms with E-state index in [1.807, 2.05) is 23.1 Å². The molecule has 0 spiro atoms. The quantitative estimate of drug-likeness (QED) is 0.922. The lowest BCUT2D eigenvalue weighted by atomic mass is 9.94. The number of nitrogens with one attached hydrogen (secondary N) is 1. The van der Waals surface area contributed by atoms with Gasteiger partial charge in [0.05, 0.1) is 0 Å². The number of amides is 2. The molecular weight excluding hydrogens is 264 g/mol. The molecule has 0 aromatic heterocycles. The molecule has 112 valence electrons. The summed E-state index contributed by atoms with van der Waals surface area (Å²) in [6, 6.07) is 10.3. The zero-order valence-corrected chi connectivity index (χ0v) is 12.3. The van der Waals surface area contributed by atoms with E-state index in [9.17, 15) is 9.59 Å². The molecule has 0 bridgehead atoms. The van der Waals surface area contributed by atoms with Gasteiger partial charge < -0.3 is 10.2 Å². The van der Waals surface area contributed by atoms with Gasteiger partial charge in [0.2, 0.25) is 11.8 Å². The van der Waals surface area contributed by atoms with Gasteiger partial charge in [-0.3, -0.25) is 9.59 Å². The van der Waals surface area contributed by atoms with Crippen LogP contribution in [0, 0.1) is 0 Å². The highest BCUT2D eigenvalue weighted by molar-refractivity contribution is 5.91. The Balaban J connectivity index is 1.69. The second-order valence-corrected chi connectivity index (χ2v) is 6.03. The average molecular weight is 286 g/mol. The third-order valence-corrected chi connectivity index (χ3v) is 4.52. The Bertz CT molecular complexity index is 515. The Morgan fingerprint density at radius 3 is 2.71 bits per heavy atom. The predicted molar refractivity (Wildman–Crippen MR) is 80.7 cm³/mol. The lowest BCUT2D eigenvalue weighted by Crippen LogP contribution is -2.51. The molecule has 4 nitrogen and oxygen atoms in total. The van der Waals surface area contributed by atoms with Crippen molar-refractivity contribution in [3.63, 3.8) is 0 Å². The Morgan fingerprint density at radius 1 is 1.19 bits per heavy atom. The molecule has 1 aromatic carbocycles. The Morgan fingerprint density at radius 2 is 2.00 bits per heavy atom. The molecule has 2 atom stereocenters. The van der Waals surface area contributed by atoms with E-state index in [1.54, 1.807) is 0 Å². The fourth-order valence-electron chi connectivity index (χ4n) is 3.39. The van der Waals surface area contributed by atoms with Gasteiger partial charge in [0.25, 0.3) is 0 Å². The minimum absolute atomic E-state index is 0.00460. The summed E-state index contributed by atoms with van der Waals surface area (Å²) in [6.07, 6.45) is 5.34. The van der Waals surface area contributed by atoms with Gasteiger partial charge in [0, 0.05) is 19.0 Å². The van der Waals surface area contributed by atoms with Crippen LogP contribution in [0.25, 0.3) is 0 Å². The van der Waals surface area contributed by atoms with Crippen molar-refractivity contribution in [1.29, 1.82) is 0 Å². The fourth-order valence-corrected chi connectivity index (χ4v) is 3.39. The standard InChI is InChI=1S/C17H22N2O2/c20-16-10-9-15(18-16)17(21)19-11-5-4-8-14(19)12-13-6-2-1-3-7-13/h1-3,6-7,14-15H,4-5,8-12H2,(H,18,20)/t14-,15-/m1/s1. The van der Waals surface area contributed by atoms with Crippen molar-refractivity contribution >= 4 is 11.8 Å². The summed E-state index contributed by atoms with van der Waals surface area (Å²) in [4.78, 5) is 26.0. The Hall–Kier alpha value is -1.84. The van der Waals surface area contributed by atoms with Gasteiger partial charge in [-0.1, -0.05) is 30.3 Å². The van der Waals surface area contributed by atoms with Crippen LogP contribution in [0.15, 0.2) is 30.3 Å². The smallest absolute Gasteiger partial charge is 0.245 e. The fraction of sp³-hybridized carbons (Fsp3) is 0.529. The molecule has 2 saturated heterocycles. The first kappa shape index (κ1) is 14.1. The van der Waals surface area contributed by atoms with Crippen molar-refractivity contribution in [2.24, 2.45) is 0 Å².